The van der Waals surface area contributed by atoms with Crippen molar-refractivity contribution in [2.45, 2.75) is 12.5 Å². The van der Waals surface area contributed by atoms with Gasteiger partial charge in [0, 0.05) is 11.1 Å². The fourth-order valence-corrected chi connectivity index (χ4v) is 1.52. The number of carbonyl (C=O) groups is 1. The summed E-state index contributed by atoms with van der Waals surface area (Å²) in [4.78, 5) is 21.1. The van der Waals surface area contributed by atoms with Crippen LogP contribution in [-0.2, 0) is 4.79 Å². The summed E-state index contributed by atoms with van der Waals surface area (Å²) in [7, 11) is 0. The van der Waals surface area contributed by atoms with E-state index in [2.05, 4.69) is 11.9 Å². The highest BCUT2D eigenvalue weighted by atomic mass is 35.5. The van der Waals surface area contributed by atoms with Crippen LogP contribution in [0.2, 0.25) is 5.02 Å². The largest absolute Gasteiger partial charge is 0.480 e. The molecule has 1 unspecified atom stereocenters. The summed E-state index contributed by atoms with van der Waals surface area (Å²) in [5, 5.41) is 22.6. The molecule has 1 aromatic carbocycles. The van der Waals surface area contributed by atoms with Gasteiger partial charge < -0.3 is 10.4 Å². The van der Waals surface area contributed by atoms with E-state index < -0.39 is 16.9 Å². The number of halogens is 1. The number of nitro groups is 1. The molecule has 0 fully saturated rings. The van der Waals surface area contributed by atoms with Crippen LogP contribution >= 0.6 is 11.6 Å². The first-order chi connectivity index (χ1) is 8.45. The molecule has 0 spiro atoms. The van der Waals surface area contributed by atoms with Gasteiger partial charge in [-0.25, -0.2) is 4.79 Å². The molecular formula is C11H11ClN2O4. The number of carboxylic acids is 1. The van der Waals surface area contributed by atoms with Crippen molar-refractivity contribution < 1.29 is 14.8 Å². The number of anilines is 1. The van der Waals surface area contributed by atoms with Gasteiger partial charge in [0.15, 0.2) is 0 Å². The molecule has 0 aliphatic rings. The van der Waals surface area contributed by atoms with Gasteiger partial charge in [-0.2, -0.15) is 0 Å². The van der Waals surface area contributed by atoms with Gasteiger partial charge in [0.05, 0.1) is 4.92 Å². The highest BCUT2D eigenvalue weighted by molar-refractivity contribution is 6.30. The lowest BCUT2D eigenvalue weighted by Gasteiger charge is -2.14. The molecule has 0 saturated carbocycles. The van der Waals surface area contributed by atoms with Gasteiger partial charge in [0.2, 0.25) is 0 Å². The molecule has 0 radical (unpaired) electrons. The van der Waals surface area contributed by atoms with Crippen LogP contribution in [0.4, 0.5) is 11.4 Å². The van der Waals surface area contributed by atoms with Gasteiger partial charge >= 0.3 is 5.97 Å². The molecule has 7 heteroatoms. The fourth-order valence-electron chi connectivity index (χ4n) is 1.35. The van der Waals surface area contributed by atoms with E-state index in [1.165, 1.54) is 18.2 Å². The van der Waals surface area contributed by atoms with Gasteiger partial charge in [-0.15, -0.1) is 6.58 Å². The Bertz CT molecular complexity index is 490. The van der Waals surface area contributed by atoms with Crippen molar-refractivity contribution >= 4 is 28.9 Å². The number of nitro benzene ring substituents is 1. The minimum Gasteiger partial charge on any atom is -0.480 e. The number of nitrogens with one attached hydrogen (secondary N) is 1. The molecule has 0 bridgehead atoms. The van der Waals surface area contributed by atoms with E-state index in [0.29, 0.717) is 0 Å². The highest BCUT2D eigenvalue weighted by Gasteiger charge is 2.21. The summed E-state index contributed by atoms with van der Waals surface area (Å²) < 4.78 is 0. The van der Waals surface area contributed by atoms with Crippen molar-refractivity contribution in [1.29, 1.82) is 0 Å². The lowest BCUT2D eigenvalue weighted by molar-refractivity contribution is -0.384. The second-order valence-corrected chi connectivity index (χ2v) is 3.91. The van der Waals surface area contributed by atoms with E-state index >= 15 is 0 Å². The van der Waals surface area contributed by atoms with Crippen LogP contribution in [0.25, 0.3) is 0 Å². The number of hydrogen-bond acceptors (Lipinski definition) is 4. The zero-order valence-corrected chi connectivity index (χ0v) is 10.1. The van der Waals surface area contributed by atoms with Crippen molar-refractivity contribution in [3.05, 3.63) is 46.0 Å². The third-order valence-corrected chi connectivity index (χ3v) is 2.42. The predicted molar refractivity (Wildman–Crippen MR) is 68.0 cm³/mol. The van der Waals surface area contributed by atoms with Crippen LogP contribution in [0, 0.1) is 10.1 Å². The van der Waals surface area contributed by atoms with E-state index in [1.807, 2.05) is 0 Å². The van der Waals surface area contributed by atoms with Crippen LogP contribution in [0.1, 0.15) is 6.42 Å². The van der Waals surface area contributed by atoms with Crippen molar-refractivity contribution in [2.24, 2.45) is 0 Å². The van der Waals surface area contributed by atoms with Gasteiger partial charge in [0.25, 0.3) is 5.69 Å². The molecular weight excluding hydrogens is 260 g/mol. The number of aliphatic carboxylic acids is 1. The minimum atomic E-state index is -1.11. The molecule has 0 aliphatic carbocycles. The Balaban J connectivity index is 3.05. The number of benzene rings is 1. The molecule has 1 rings (SSSR count). The molecule has 18 heavy (non-hydrogen) atoms. The zero-order chi connectivity index (χ0) is 13.7. The van der Waals surface area contributed by atoms with Crippen molar-refractivity contribution in [3.63, 3.8) is 0 Å². The Hall–Kier alpha value is -2.08. The number of rotatable bonds is 6. The van der Waals surface area contributed by atoms with Gasteiger partial charge in [0.1, 0.15) is 11.7 Å². The van der Waals surface area contributed by atoms with Crippen LogP contribution < -0.4 is 5.32 Å². The van der Waals surface area contributed by atoms with Crippen LogP contribution in [0.5, 0.6) is 0 Å². The number of nitrogens with zero attached hydrogens (tertiary/aromatic N) is 1. The van der Waals surface area contributed by atoms with E-state index in [-0.39, 0.29) is 22.8 Å². The molecule has 6 nitrogen and oxygen atoms in total. The standard InChI is InChI=1S/C11H11ClN2O4/c1-2-3-9(11(15)16)13-8-5-4-7(12)6-10(8)14(17)18/h2,4-6,9,13H,1,3H2,(H,15,16). The van der Waals surface area contributed by atoms with Crippen LogP contribution in [0.3, 0.4) is 0 Å². The molecule has 0 heterocycles. The molecule has 0 amide bonds. The number of carboxylic acid groups (broad SMARTS) is 1. The van der Waals surface area contributed by atoms with Gasteiger partial charge in [-0.3, -0.25) is 10.1 Å². The summed E-state index contributed by atoms with van der Waals surface area (Å²) in [6.45, 7) is 3.44. The first-order valence-corrected chi connectivity index (χ1v) is 5.37. The predicted octanol–water partition coefficient (Wildman–Crippen LogP) is 2.69. The smallest absolute Gasteiger partial charge is 0.326 e. The molecule has 96 valence electrons. The Morgan fingerprint density at radius 1 is 1.67 bits per heavy atom. The lowest BCUT2D eigenvalue weighted by Crippen LogP contribution is -2.28. The zero-order valence-electron chi connectivity index (χ0n) is 9.30. The fraction of sp³-hybridized carbons (Fsp3) is 0.182. The Kier molecular flexibility index (Phi) is 4.67. The van der Waals surface area contributed by atoms with E-state index in [0.717, 1.165) is 6.07 Å². The van der Waals surface area contributed by atoms with E-state index in [9.17, 15) is 14.9 Å². The maximum absolute atomic E-state index is 10.9. The Morgan fingerprint density at radius 3 is 2.83 bits per heavy atom. The summed E-state index contributed by atoms with van der Waals surface area (Å²) >= 11 is 5.66. The average Bonchev–Trinajstić information content (AvgIpc) is 2.30. The van der Waals surface area contributed by atoms with Crippen LogP contribution in [-0.4, -0.2) is 22.0 Å². The van der Waals surface area contributed by atoms with Crippen molar-refractivity contribution in [2.75, 3.05) is 5.32 Å². The Morgan fingerprint density at radius 2 is 2.33 bits per heavy atom. The van der Waals surface area contributed by atoms with E-state index in [1.54, 1.807) is 0 Å². The molecule has 0 aliphatic heterocycles. The molecule has 2 N–H and O–H groups in total. The monoisotopic (exact) mass is 270 g/mol. The Labute approximate surface area is 108 Å². The SMILES string of the molecule is C=CCC(Nc1ccc(Cl)cc1[N+](=O)[O-])C(=O)O. The first kappa shape index (κ1) is 14.0. The second kappa shape index (κ2) is 6.02. The van der Waals surface area contributed by atoms with E-state index in [4.69, 9.17) is 16.7 Å². The maximum Gasteiger partial charge on any atom is 0.326 e. The van der Waals surface area contributed by atoms with Gasteiger partial charge in [-0.05, 0) is 18.6 Å². The van der Waals surface area contributed by atoms with Crippen LogP contribution in [0.15, 0.2) is 30.9 Å². The summed E-state index contributed by atoms with van der Waals surface area (Å²) in [6.07, 6.45) is 1.57. The minimum absolute atomic E-state index is 0.110. The topological polar surface area (TPSA) is 92.5 Å². The highest BCUT2D eigenvalue weighted by Crippen LogP contribution is 2.28. The first-order valence-electron chi connectivity index (χ1n) is 5.00. The third-order valence-electron chi connectivity index (χ3n) is 2.19. The maximum atomic E-state index is 10.9. The molecule has 1 aromatic rings. The normalized spacial score (nSPS) is 11.6. The summed E-state index contributed by atoms with van der Waals surface area (Å²) in [6, 6.07) is 3.02. The molecule has 0 aromatic heterocycles. The average molecular weight is 271 g/mol. The summed E-state index contributed by atoms with van der Waals surface area (Å²) in [5.74, 6) is -1.11. The summed E-state index contributed by atoms with van der Waals surface area (Å²) in [5.41, 5.74) is -0.156. The third kappa shape index (κ3) is 3.46. The molecule has 0 saturated heterocycles. The quantitative estimate of drug-likeness (QED) is 0.471. The van der Waals surface area contributed by atoms with Crippen molar-refractivity contribution in [3.8, 4) is 0 Å². The van der Waals surface area contributed by atoms with Gasteiger partial charge in [-0.1, -0.05) is 17.7 Å². The molecule has 1 atom stereocenters. The lowest BCUT2D eigenvalue weighted by atomic mass is 10.2. The second-order valence-electron chi connectivity index (χ2n) is 3.48. The van der Waals surface area contributed by atoms with Crippen molar-refractivity contribution in [1.82, 2.24) is 0 Å². The number of hydrogen-bond donors (Lipinski definition) is 2.